The molecule has 4 rings (SSSR count). The first-order valence-electron chi connectivity index (χ1n) is 11.2. The fourth-order valence-electron chi connectivity index (χ4n) is 4.30. The first-order chi connectivity index (χ1) is 16.9. The zero-order valence-electron chi connectivity index (χ0n) is 20.0. The number of anilines is 2. The van der Waals surface area contributed by atoms with Crippen LogP contribution in [-0.4, -0.2) is 56.0 Å². The van der Waals surface area contributed by atoms with Crippen LogP contribution in [0.5, 0.6) is 0 Å². The van der Waals surface area contributed by atoms with Crippen LogP contribution in [0.15, 0.2) is 58.2 Å². The number of carbonyl (C=O) groups excluding carboxylic acids is 1. The third kappa shape index (κ3) is 5.34. The monoisotopic (exact) mass is 613 g/mol. The third-order valence-corrected chi connectivity index (χ3v) is 8.37. The lowest BCUT2D eigenvalue weighted by Crippen LogP contribution is -2.42. The van der Waals surface area contributed by atoms with Gasteiger partial charge < -0.3 is 4.90 Å². The van der Waals surface area contributed by atoms with Crippen molar-refractivity contribution in [3.63, 3.8) is 0 Å². The first kappa shape index (κ1) is 27.1. The number of imidazole rings is 1. The molecular formula is C24H26BrCl2N5O3S. The van der Waals surface area contributed by atoms with Gasteiger partial charge in [0.05, 0.1) is 11.9 Å². The molecule has 8 nitrogen and oxygen atoms in total. The Morgan fingerprint density at radius 2 is 1.75 bits per heavy atom. The summed E-state index contributed by atoms with van der Waals surface area (Å²) in [6.07, 6.45) is 2.17. The number of aromatic nitrogens is 2. The van der Waals surface area contributed by atoms with E-state index in [1.807, 2.05) is 43.3 Å². The summed E-state index contributed by atoms with van der Waals surface area (Å²) >= 11 is 15.9. The molecule has 36 heavy (non-hydrogen) atoms. The smallest absolute Gasteiger partial charge is 0.260 e. The molecule has 0 saturated carbocycles. The van der Waals surface area contributed by atoms with Gasteiger partial charge in [0.2, 0.25) is 5.95 Å². The molecule has 3 aromatic rings. The molecule has 12 heteroatoms. The van der Waals surface area contributed by atoms with Gasteiger partial charge in [-0.2, -0.15) is 0 Å². The van der Waals surface area contributed by atoms with E-state index in [1.54, 1.807) is 25.1 Å². The highest BCUT2D eigenvalue weighted by Crippen LogP contribution is 2.44. The second kappa shape index (κ2) is 10.4. The number of halogens is 3. The number of fused-ring (bicyclic) bond motifs is 1. The minimum absolute atomic E-state index is 0.0778. The van der Waals surface area contributed by atoms with E-state index in [-0.39, 0.29) is 29.8 Å². The molecule has 192 valence electrons. The van der Waals surface area contributed by atoms with E-state index in [0.717, 1.165) is 16.6 Å². The zero-order valence-corrected chi connectivity index (χ0v) is 23.9. The summed E-state index contributed by atoms with van der Waals surface area (Å²) in [7, 11) is -0.113. The molecule has 0 spiro atoms. The summed E-state index contributed by atoms with van der Waals surface area (Å²) < 4.78 is 31.8. The Morgan fingerprint density at radius 1 is 1.11 bits per heavy atom. The van der Waals surface area contributed by atoms with E-state index >= 15 is 0 Å². The molecule has 1 aliphatic heterocycles. The van der Waals surface area contributed by atoms with Crippen LogP contribution in [0, 0.1) is 0 Å². The molecule has 1 aliphatic rings. The second-order valence-corrected chi connectivity index (χ2v) is 12.6. The lowest BCUT2D eigenvalue weighted by atomic mass is 9.92. The van der Waals surface area contributed by atoms with Crippen molar-refractivity contribution < 1.29 is 13.2 Å². The summed E-state index contributed by atoms with van der Waals surface area (Å²) in [5.74, 6) is -0.150. The van der Waals surface area contributed by atoms with Gasteiger partial charge in [-0.25, -0.2) is 23.0 Å². The van der Waals surface area contributed by atoms with Crippen molar-refractivity contribution >= 4 is 66.7 Å². The van der Waals surface area contributed by atoms with E-state index in [1.165, 1.54) is 15.7 Å². The molecule has 2 heterocycles. The lowest BCUT2D eigenvalue weighted by molar-refractivity contribution is -0.124. The molecule has 1 aromatic heterocycles. The fourth-order valence-corrected chi connectivity index (χ4v) is 6.35. The molecule has 0 radical (unpaired) electrons. The average molecular weight is 615 g/mol. The topological polar surface area (TPSA) is 87.5 Å². The molecule has 0 unspecified atom stereocenters. The standard InChI is InChI=1S/C24H26BrCl2N5O3S/c1-24(14-16-5-7-17(25)8-6-16)22(33)31(20-12-18(26)11-19(27)13-20)23-28-15-21(32(23)24)36(34,35)29-9-4-10-30(2)3/h5-8,11-13,15,29H,4,9-10,14H2,1-3H3/t24-/m1/s1. The van der Waals surface area contributed by atoms with Gasteiger partial charge in [-0.3, -0.25) is 9.36 Å². The van der Waals surface area contributed by atoms with Crippen molar-refractivity contribution in [1.29, 1.82) is 0 Å². The number of rotatable bonds is 9. The fraction of sp³-hybridized carbons (Fsp3) is 0.333. The highest BCUT2D eigenvalue weighted by molar-refractivity contribution is 9.10. The molecule has 1 N–H and O–H groups in total. The van der Waals surface area contributed by atoms with Gasteiger partial charge in [0, 0.05) is 27.5 Å². The normalized spacial score (nSPS) is 17.8. The van der Waals surface area contributed by atoms with E-state index < -0.39 is 15.6 Å². The first-order valence-corrected chi connectivity index (χ1v) is 14.2. The number of nitrogens with zero attached hydrogens (tertiary/aromatic N) is 4. The van der Waals surface area contributed by atoms with Gasteiger partial charge in [0.25, 0.3) is 15.9 Å². The number of hydrogen-bond acceptors (Lipinski definition) is 5. The molecular weight excluding hydrogens is 589 g/mol. The summed E-state index contributed by atoms with van der Waals surface area (Å²) in [5.41, 5.74) is -0.00364. The molecule has 2 aromatic carbocycles. The summed E-state index contributed by atoms with van der Waals surface area (Å²) in [4.78, 5) is 21.7. The minimum Gasteiger partial charge on any atom is -0.309 e. The van der Waals surface area contributed by atoms with Crippen LogP contribution in [0.25, 0.3) is 0 Å². The van der Waals surface area contributed by atoms with E-state index in [0.29, 0.717) is 22.2 Å². The number of benzene rings is 2. The van der Waals surface area contributed by atoms with Crippen LogP contribution in [0.3, 0.4) is 0 Å². The van der Waals surface area contributed by atoms with Crippen LogP contribution < -0.4 is 9.62 Å². The minimum atomic E-state index is -3.96. The SMILES string of the molecule is CN(C)CCCNS(=O)(=O)c1cnc2n1[C@](C)(Cc1ccc(Br)cc1)C(=O)N2c1cc(Cl)cc(Cl)c1. The van der Waals surface area contributed by atoms with Gasteiger partial charge in [-0.1, -0.05) is 51.3 Å². The van der Waals surface area contributed by atoms with Gasteiger partial charge in [0.1, 0.15) is 5.54 Å². The van der Waals surface area contributed by atoms with Gasteiger partial charge in [0.15, 0.2) is 5.03 Å². The van der Waals surface area contributed by atoms with Gasteiger partial charge >= 0.3 is 0 Å². The summed E-state index contributed by atoms with van der Waals surface area (Å²) in [5, 5.41) is 0.617. The van der Waals surface area contributed by atoms with Crippen LogP contribution in [0.1, 0.15) is 18.9 Å². The predicted molar refractivity (Wildman–Crippen MR) is 146 cm³/mol. The Hall–Kier alpha value is -1.95. The third-order valence-electron chi connectivity index (χ3n) is 5.98. The van der Waals surface area contributed by atoms with Crippen molar-refractivity contribution in [3.05, 3.63) is 68.7 Å². The molecule has 1 amide bonds. The summed E-state index contributed by atoms with van der Waals surface area (Å²) in [6, 6.07) is 12.3. The van der Waals surface area contributed by atoms with E-state index in [4.69, 9.17) is 23.2 Å². The van der Waals surface area contributed by atoms with Crippen LogP contribution >= 0.6 is 39.1 Å². The quantitative estimate of drug-likeness (QED) is 0.349. The number of nitrogens with one attached hydrogen (secondary N) is 1. The van der Waals surface area contributed by atoms with E-state index in [2.05, 4.69) is 25.6 Å². The molecule has 0 bridgehead atoms. The van der Waals surface area contributed by atoms with Crippen molar-refractivity contribution in [2.75, 3.05) is 32.1 Å². The Labute approximate surface area is 229 Å². The molecule has 0 saturated heterocycles. The predicted octanol–water partition coefficient (Wildman–Crippen LogP) is 4.82. The number of amides is 1. The summed E-state index contributed by atoms with van der Waals surface area (Å²) in [6.45, 7) is 2.71. The molecule has 0 aliphatic carbocycles. The highest BCUT2D eigenvalue weighted by Gasteiger charge is 2.51. The van der Waals surface area contributed by atoms with Crippen LogP contribution in [0.4, 0.5) is 11.6 Å². The largest absolute Gasteiger partial charge is 0.309 e. The maximum absolute atomic E-state index is 14.0. The Morgan fingerprint density at radius 3 is 2.36 bits per heavy atom. The molecule has 1 atom stereocenters. The van der Waals surface area contributed by atoms with Gasteiger partial charge in [-0.15, -0.1) is 0 Å². The zero-order chi connectivity index (χ0) is 26.3. The molecule has 0 fully saturated rings. The van der Waals surface area contributed by atoms with Crippen molar-refractivity contribution in [3.8, 4) is 0 Å². The van der Waals surface area contributed by atoms with Crippen LogP contribution in [-0.2, 0) is 26.8 Å². The van der Waals surface area contributed by atoms with Crippen molar-refractivity contribution in [1.82, 2.24) is 19.2 Å². The number of hydrogen-bond donors (Lipinski definition) is 1. The maximum atomic E-state index is 14.0. The number of carbonyl (C=O) groups is 1. The number of sulfonamides is 1. The van der Waals surface area contributed by atoms with Gasteiger partial charge in [-0.05, 0) is 69.9 Å². The Bertz CT molecular complexity index is 1370. The van der Waals surface area contributed by atoms with E-state index in [9.17, 15) is 13.2 Å². The average Bonchev–Trinajstić information content (AvgIpc) is 3.31. The second-order valence-electron chi connectivity index (χ2n) is 9.13. The Kier molecular flexibility index (Phi) is 7.85. The Balaban J connectivity index is 1.80. The van der Waals surface area contributed by atoms with Crippen LogP contribution in [0.2, 0.25) is 10.0 Å². The lowest BCUT2D eigenvalue weighted by Gasteiger charge is -2.26. The van der Waals surface area contributed by atoms with Crippen molar-refractivity contribution in [2.24, 2.45) is 0 Å². The highest BCUT2D eigenvalue weighted by atomic mass is 79.9. The van der Waals surface area contributed by atoms with Crippen molar-refractivity contribution in [2.45, 2.75) is 30.3 Å². The maximum Gasteiger partial charge on any atom is 0.260 e.